The minimum atomic E-state index is -0.458. The van der Waals surface area contributed by atoms with Gasteiger partial charge < -0.3 is 10.6 Å². The molecule has 20 heavy (non-hydrogen) atoms. The zero-order valence-electron chi connectivity index (χ0n) is 11.8. The minimum absolute atomic E-state index is 0.101. The number of hydrogen-bond acceptors (Lipinski definition) is 7. The Bertz CT molecular complexity index is 481. The molecule has 1 unspecified atom stereocenters. The molecule has 2 rings (SSSR count). The maximum absolute atomic E-state index is 11.2. The van der Waals surface area contributed by atoms with Crippen LogP contribution in [-0.2, 0) is 0 Å². The molecular formula is C12H20N6O2. The summed E-state index contributed by atoms with van der Waals surface area (Å²) in [6.45, 7) is 4.88. The second-order valence-corrected chi connectivity index (χ2v) is 4.73. The van der Waals surface area contributed by atoms with Crippen molar-refractivity contribution in [2.45, 2.75) is 25.8 Å². The van der Waals surface area contributed by atoms with Gasteiger partial charge in [-0.15, -0.1) is 0 Å². The molecule has 1 aliphatic rings. The highest BCUT2D eigenvalue weighted by atomic mass is 16.6. The van der Waals surface area contributed by atoms with Crippen LogP contribution in [0, 0.1) is 10.1 Å². The second kappa shape index (κ2) is 6.47. The van der Waals surface area contributed by atoms with Crippen molar-refractivity contribution in [2.75, 3.05) is 37.3 Å². The summed E-state index contributed by atoms with van der Waals surface area (Å²) in [7, 11) is 1.61. The average molecular weight is 280 g/mol. The Morgan fingerprint density at radius 2 is 2.25 bits per heavy atom. The molecule has 0 amide bonds. The first kappa shape index (κ1) is 14.4. The van der Waals surface area contributed by atoms with Crippen LogP contribution in [0.15, 0.2) is 6.33 Å². The fourth-order valence-corrected chi connectivity index (χ4v) is 2.62. The highest BCUT2D eigenvalue weighted by Gasteiger charge is 2.26. The van der Waals surface area contributed by atoms with Gasteiger partial charge in [0.25, 0.3) is 0 Å². The van der Waals surface area contributed by atoms with Crippen molar-refractivity contribution < 1.29 is 4.92 Å². The van der Waals surface area contributed by atoms with Gasteiger partial charge in [-0.3, -0.25) is 15.0 Å². The lowest BCUT2D eigenvalue weighted by Gasteiger charge is -2.23. The fraction of sp³-hybridized carbons (Fsp3) is 0.667. The number of anilines is 2. The van der Waals surface area contributed by atoms with Crippen molar-refractivity contribution in [1.82, 2.24) is 14.9 Å². The lowest BCUT2D eigenvalue weighted by Crippen LogP contribution is -2.34. The number of likely N-dealkylation sites (tertiary alicyclic amines) is 1. The van der Waals surface area contributed by atoms with Crippen LogP contribution in [0.4, 0.5) is 17.3 Å². The predicted molar refractivity (Wildman–Crippen MR) is 77.0 cm³/mol. The van der Waals surface area contributed by atoms with Crippen molar-refractivity contribution in [3.63, 3.8) is 0 Å². The summed E-state index contributed by atoms with van der Waals surface area (Å²) in [6.07, 6.45) is 3.61. The molecule has 1 aromatic rings. The smallest absolute Gasteiger partial charge is 0.353 e. The molecule has 0 spiro atoms. The summed E-state index contributed by atoms with van der Waals surface area (Å²) in [5, 5.41) is 17.0. The van der Waals surface area contributed by atoms with E-state index >= 15 is 0 Å². The lowest BCUT2D eigenvalue weighted by molar-refractivity contribution is -0.383. The molecule has 8 heteroatoms. The van der Waals surface area contributed by atoms with Gasteiger partial charge in [0.1, 0.15) is 6.33 Å². The van der Waals surface area contributed by atoms with Crippen molar-refractivity contribution in [3.8, 4) is 0 Å². The van der Waals surface area contributed by atoms with Crippen molar-refractivity contribution >= 4 is 17.3 Å². The molecule has 0 bridgehead atoms. The molecule has 1 fully saturated rings. The van der Waals surface area contributed by atoms with Crippen LogP contribution >= 0.6 is 0 Å². The van der Waals surface area contributed by atoms with Crippen LogP contribution < -0.4 is 10.6 Å². The van der Waals surface area contributed by atoms with Gasteiger partial charge in [-0.05, 0) is 25.9 Å². The first-order chi connectivity index (χ1) is 9.67. The van der Waals surface area contributed by atoms with Gasteiger partial charge in [0, 0.05) is 19.6 Å². The number of aromatic nitrogens is 2. The summed E-state index contributed by atoms with van der Waals surface area (Å²) in [5.41, 5.74) is -0.101. The second-order valence-electron chi connectivity index (χ2n) is 4.73. The van der Waals surface area contributed by atoms with E-state index in [-0.39, 0.29) is 17.3 Å². The number of rotatable bonds is 6. The minimum Gasteiger partial charge on any atom is -0.367 e. The molecular weight excluding hydrogens is 260 g/mol. The largest absolute Gasteiger partial charge is 0.367 e. The van der Waals surface area contributed by atoms with Crippen molar-refractivity contribution in [2.24, 2.45) is 0 Å². The van der Waals surface area contributed by atoms with E-state index in [4.69, 9.17) is 0 Å². The third kappa shape index (κ3) is 2.96. The van der Waals surface area contributed by atoms with Crippen LogP contribution in [0.25, 0.3) is 0 Å². The van der Waals surface area contributed by atoms with E-state index in [1.165, 1.54) is 12.7 Å². The summed E-state index contributed by atoms with van der Waals surface area (Å²) in [4.78, 5) is 20.9. The summed E-state index contributed by atoms with van der Waals surface area (Å²) in [5.74, 6) is 0.503. The number of nitro groups is 1. The fourth-order valence-electron chi connectivity index (χ4n) is 2.62. The quantitative estimate of drug-likeness (QED) is 0.599. The van der Waals surface area contributed by atoms with E-state index in [1.807, 2.05) is 0 Å². The van der Waals surface area contributed by atoms with E-state index in [1.54, 1.807) is 7.05 Å². The lowest BCUT2D eigenvalue weighted by atomic mass is 10.2. The average Bonchev–Trinajstić information content (AvgIpc) is 2.91. The maximum Gasteiger partial charge on any atom is 0.353 e. The molecule has 110 valence electrons. The Labute approximate surface area is 117 Å². The molecule has 1 aliphatic heterocycles. The predicted octanol–water partition coefficient (Wildman–Crippen LogP) is 1.32. The van der Waals surface area contributed by atoms with Crippen LogP contribution in [0.5, 0.6) is 0 Å². The standard InChI is InChI=1S/C12H20N6O2/c1-3-17-6-4-5-9(17)7-14-12-10(18(19)20)11(13-2)15-8-16-12/h8-9H,3-7H2,1-2H3,(H2,13,14,15,16). The molecule has 2 N–H and O–H groups in total. The molecule has 0 saturated carbocycles. The highest BCUT2D eigenvalue weighted by molar-refractivity contribution is 5.68. The molecule has 1 aromatic heterocycles. The Hall–Kier alpha value is -1.96. The molecule has 0 radical (unpaired) electrons. The number of hydrogen-bond donors (Lipinski definition) is 2. The maximum atomic E-state index is 11.2. The van der Waals surface area contributed by atoms with Gasteiger partial charge in [-0.1, -0.05) is 6.92 Å². The van der Waals surface area contributed by atoms with Crippen LogP contribution in [0.3, 0.4) is 0 Å². The van der Waals surface area contributed by atoms with Gasteiger partial charge >= 0.3 is 5.69 Å². The Morgan fingerprint density at radius 1 is 1.50 bits per heavy atom. The third-order valence-electron chi connectivity index (χ3n) is 3.65. The van der Waals surface area contributed by atoms with Gasteiger partial charge in [0.05, 0.1) is 4.92 Å². The number of nitrogens with zero attached hydrogens (tertiary/aromatic N) is 4. The van der Waals surface area contributed by atoms with E-state index in [9.17, 15) is 10.1 Å². The Balaban J connectivity index is 2.11. The Morgan fingerprint density at radius 3 is 2.90 bits per heavy atom. The Kier molecular flexibility index (Phi) is 4.67. The monoisotopic (exact) mass is 280 g/mol. The summed E-state index contributed by atoms with van der Waals surface area (Å²) in [6, 6.07) is 0.410. The summed E-state index contributed by atoms with van der Waals surface area (Å²) < 4.78 is 0. The van der Waals surface area contributed by atoms with E-state index in [2.05, 4.69) is 32.4 Å². The van der Waals surface area contributed by atoms with Crippen molar-refractivity contribution in [1.29, 1.82) is 0 Å². The first-order valence-electron chi connectivity index (χ1n) is 6.82. The topological polar surface area (TPSA) is 96.2 Å². The van der Waals surface area contributed by atoms with Gasteiger partial charge in [0.15, 0.2) is 0 Å². The number of likely N-dealkylation sites (N-methyl/N-ethyl adjacent to an activating group) is 1. The molecule has 1 atom stereocenters. The zero-order valence-corrected chi connectivity index (χ0v) is 11.8. The van der Waals surface area contributed by atoms with E-state index in [0.717, 1.165) is 19.5 Å². The normalized spacial score (nSPS) is 19.0. The molecule has 1 saturated heterocycles. The van der Waals surface area contributed by atoms with E-state index in [0.29, 0.717) is 12.6 Å². The zero-order chi connectivity index (χ0) is 14.5. The van der Waals surface area contributed by atoms with Gasteiger partial charge in [-0.25, -0.2) is 9.97 Å². The van der Waals surface area contributed by atoms with Crippen LogP contribution in [-0.4, -0.2) is 52.5 Å². The van der Waals surface area contributed by atoms with Gasteiger partial charge in [-0.2, -0.15) is 0 Å². The van der Waals surface area contributed by atoms with E-state index < -0.39 is 4.92 Å². The number of nitrogens with one attached hydrogen (secondary N) is 2. The van der Waals surface area contributed by atoms with Crippen LogP contribution in [0.2, 0.25) is 0 Å². The molecule has 2 heterocycles. The molecule has 0 aromatic carbocycles. The summed E-state index contributed by atoms with van der Waals surface area (Å²) >= 11 is 0. The molecule has 8 nitrogen and oxygen atoms in total. The highest BCUT2D eigenvalue weighted by Crippen LogP contribution is 2.28. The first-order valence-corrected chi connectivity index (χ1v) is 6.82. The molecule has 0 aliphatic carbocycles. The third-order valence-corrected chi connectivity index (χ3v) is 3.65. The van der Waals surface area contributed by atoms with Gasteiger partial charge in [0.2, 0.25) is 11.6 Å². The van der Waals surface area contributed by atoms with Crippen molar-refractivity contribution in [3.05, 3.63) is 16.4 Å². The SMILES string of the molecule is CCN1CCCC1CNc1ncnc(NC)c1[N+](=O)[O-]. The van der Waals surface area contributed by atoms with Crippen LogP contribution in [0.1, 0.15) is 19.8 Å².